The molecule has 0 saturated carbocycles. The molecule has 0 N–H and O–H groups in total. The molecule has 1 rings (SSSR count). The second-order valence-electron chi connectivity index (χ2n) is 3.22. The first-order valence-electron chi connectivity index (χ1n) is 7.70. The smallest absolute Gasteiger partial charge is 0.119 e. The van der Waals surface area contributed by atoms with Crippen LogP contribution in [0.25, 0.3) is 0 Å². The molecular formula is C13H20O. The van der Waals surface area contributed by atoms with E-state index >= 15 is 0 Å². The molecule has 0 bridgehead atoms. The van der Waals surface area contributed by atoms with Crippen LogP contribution in [0.3, 0.4) is 0 Å². The summed E-state index contributed by atoms with van der Waals surface area (Å²) in [5.74, 6) is -0.0403. The summed E-state index contributed by atoms with van der Waals surface area (Å²) in [5, 5.41) is 0. The first-order chi connectivity index (χ1) is 9.00. The van der Waals surface area contributed by atoms with Crippen LogP contribution in [0.4, 0.5) is 0 Å². The average Bonchev–Trinajstić information content (AvgIpc) is 2.41. The minimum atomic E-state index is -0.384. The predicted molar refractivity (Wildman–Crippen MR) is 60.7 cm³/mol. The Labute approximate surface area is 94.1 Å². The van der Waals surface area contributed by atoms with Gasteiger partial charge in [0.25, 0.3) is 0 Å². The fraction of sp³-hybridized carbons (Fsp3) is 0.538. The maximum absolute atomic E-state index is 7.68. The highest BCUT2D eigenvalue weighted by Crippen LogP contribution is 2.09. The molecule has 0 fully saturated rings. The van der Waals surface area contributed by atoms with Crippen molar-refractivity contribution in [3.8, 4) is 5.75 Å². The van der Waals surface area contributed by atoms with Gasteiger partial charge in [-0.2, -0.15) is 0 Å². The molecular weight excluding hydrogens is 172 g/mol. The second-order valence-corrected chi connectivity index (χ2v) is 3.22. The minimum Gasteiger partial charge on any atom is -0.494 e. The fourth-order valence-corrected chi connectivity index (χ4v) is 1.19. The molecule has 1 heteroatoms. The minimum absolute atomic E-state index is 0.0403. The lowest BCUT2D eigenvalue weighted by Crippen LogP contribution is -1.96. The summed E-state index contributed by atoms with van der Waals surface area (Å²) in [4.78, 5) is 0. The zero-order valence-electron chi connectivity index (χ0n) is 13.7. The van der Waals surface area contributed by atoms with Gasteiger partial charge in [0, 0.05) is 0 Å². The van der Waals surface area contributed by atoms with Crippen molar-refractivity contribution in [3.05, 3.63) is 30.2 Å². The molecule has 1 aromatic rings. The quantitative estimate of drug-likeness (QED) is 0.599. The molecule has 1 nitrogen and oxygen atoms in total. The summed E-state index contributed by atoms with van der Waals surface area (Å²) in [5.41, 5.74) is 0. The summed E-state index contributed by atoms with van der Waals surface area (Å²) in [6, 6.07) is -1.60. The van der Waals surface area contributed by atoms with Crippen molar-refractivity contribution in [1.29, 1.82) is 0 Å². The zero-order chi connectivity index (χ0) is 14.4. The molecule has 0 radical (unpaired) electrons. The predicted octanol–water partition coefficient (Wildman–Crippen LogP) is 4.04. The Morgan fingerprint density at radius 1 is 1.07 bits per heavy atom. The highest BCUT2D eigenvalue weighted by Gasteiger charge is 1.91. The number of unbranched alkanes of at least 4 members (excludes halogenated alkanes) is 4. The van der Waals surface area contributed by atoms with Crippen LogP contribution in [0.2, 0.25) is 0 Å². The van der Waals surface area contributed by atoms with E-state index in [0.29, 0.717) is 6.61 Å². The number of para-hydroxylation sites is 1. The van der Waals surface area contributed by atoms with Crippen LogP contribution in [0.15, 0.2) is 30.2 Å². The molecule has 0 aromatic heterocycles. The third-order valence-electron chi connectivity index (χ3n) is 1.97. The van der Waals surface area contributed by atoms with Crippen LogP contribution in [0.1, 0.15) is 45.9 Å². The summed E-state index contributed by atoms with van der Waals surface area (Å²) < 4.78 is 43.2. The lowest BCUT2D eigenvalue weighted by atomic mass is 10.2. The van der Waals surface area contributed by atoms with Crippen molar-refractivity contribution < 1.29 is 11.6 Å². The lowest BCUT2D eigenvalue weighted by Gasteiger charge is -2.04. The Bertz CT molecular complexity index is 405. The van der Waals surface area contributed by atoms with E-state index in [4.69, 9.17) is 11.6 Å². The first kappa shape index (κ1) is 5.79. The standard InChI is InChI=1S/C13H20O/c1-2-3-4-5-9-12-14-13-10-7-6-8-11-13/h6-8,10-11H,2-5,9,12H2,1H3/i6D,7D,8D,10D,11D. The van der Waals surface area contributed by atoms with Crippen LogP contribution >= 0.6 is 0 Å². The van der Waals surface area contributed by atoms with Gasteiger partial charge in [-0.25, -0.2) is 0 Å². The van der Waals surface area contributed by atoms with E-state index in [0.717, 1.165) is 19.3 Å². The normalized spacial score (nSPS) is 15.1. The number of benzene rings is 1. The van der Waals surface area contributed by atoms with E-state index in [1.165, 1.54) is 12.8 Å². The maximum atomic E-state index is 7.68. The second kappa shape index (κ2) is 7.43. The molecule has 0 aliphatic heterocycles. The Balaban J connectivity index is 2.64. The topological polar surface area (TPSA) is 9.23 Å². The van der Waals surface area contributed by atoms with E-state index in [2.05, 4.69) is 6.92 Å². The Kier molecular flexibility index (Phi) is 3.07. The molecule has 0 heterocycles. The van der Waals surface area contributed by atoms with E-state index in [9.17, 15) is 0 Å². The van der Waals surface area contributed by atoms with Gasteiger partial charge in [-0.3, -0.25) is 0 Å². The van der Waals surface area contributed by atoms with E-state index in [-0.39, 0.29) is 36.0 Å². The highest BCUT2D eigenvalue weighted by atomic mass is 16.5. The number of rotatable bonds is 7. The van der Waals surface area contributed by atoms with Crippen LogP contribution in [0, 0.1) is 0 Å². The van der Waals surface area contributed by atoms with Crippen molar-refractivity contribution in [2.24, 2.45) is 0 Å². The first-order valence-corrected chi connectivity index (χ1v) is 5.20. The average molecular weight is 197 g/mol. The Hall–Kier alpha value is -0.980. The third-order valence-corrected chi connectivity index (χ3v) is 1.97. The van der Waals surface area contributed by atoms with Gasteiger partial charge in [0.2, 0.25) is 0 Å². The highest BCUT2D eigenvalue weighted by molar-refractivity contribution is 5.20. The van der Waals surface area contributed by atoms with E-state index in [1.54, 1.807) is 0 Å². The van der Waals surface area contributed by atoms with Crippen LogP contribution < -0.4 is 4.74 Å². The Morgan fingerprint density at radius 2 is 1.79 bits per heavy atom. The van der Waals surface area contributed by atoms with Gasteiger partial charge in [0.15, 0.2) is 0 Å². The number of ether oxygens (including phenoxy) is 1. The summed E-state index contributed by atoms with van der Waals surface area (Å²) in [6.07, 6.45) is 5.37. The van der Waals surface area contributed by atoms with Crippen molar-refractivity contribution in [2.45, 2.75) is 39.0 Å². The van der Waals surface area contributed by atoms with Gasteiger partial charge in [-0.15, -0.1) is 0 Å². The fourth-order valence-electron chi connectivity index (χ4n) is 1.19. The van der Waals surface area contributed by atoms with Gasteiger partial charge >= 0.3 is 0 Å². The van der Waals surface area contributed by atoms with Crippen LogP contribution in [-0.2, 0) is 0 Å². The van der Waals surface area contributed by atoms with Gasteiger partial charge in [0.05, 0.1) is 13.5 Å². The third kappa shape index (κ3) is 4.90. The van der Waals surface area contributed by atoms with E-state index in [1.807, 2.05) is 0 Å². The molecule has 0 atom stereocenters. The molecule has 78 valence electrons. The lowest BCUT2D eigenvalue weighted by molar-refractivity contribution is 0.304. The molecule has 0 amide bonds. The van der Waals surface area contributed by atoms with Gasteiger partial charge in [-0.05, 0) is 18.5 Å². The summed E-state index contributed by atoms with van der Waals surface area (Å²) in [6.45, 7) is 2.53. The molecule has 0 saturated heterocycles. The Morgan fingerprint density at radius 3 is 2.50 bits per heavy atom. The molecule has 0 spiro atoms. The monoisotopic (exact) mass is 197 g/mol. The molecule has 1 aromatic carbocycles. The van der Waals surface area contributed by atoms with Crippen molar-refractivity contribution in [3.63, 3.8) is 0 Å². The van der Waals surface area contributed by atoms with Gasteiger partial charge in [0.1, 0.15) is 5.75 Å². The zero-order valence-corrected chi connectivity index (χ0v) is 8.65. The maximum Gasteiger partial charge on any atom is 0.119 e. The summed E-state index contributed by atoms with van der Waals surface area (Å²) >= 11 is 0. The van der Waals surface area contributed by atoms with Crippen molar-refractivity contribution in [1.82, 2.24) is 0 Å². The van der Waals surface area contributed by atoms with Crippen LogP contribution in [0.5, 0.6) is 5.75 Å². The largest absolute Gasteiger partial charge is 0.494 e. The van der Waals surface area contributed by atoms with Crippen LogP contribution in [-0.4, -0.2) is 6.61 Å². The molecule has 0 aliphatic rings. The number of hydrogen-bond acceptors (Lipinski definition) is 1. The van der Waals surface area contributed by atoms with Gasteiger partial charge < -0.3 is 4.74 Å². The molecule has 0 unspecified atom stereocenters. The van der Waals surface area contributed by atoms with Gasteiger partial charge in [-0.1, -0.05) is 50.7 Å². The van der Waals surface area contributed by atoms with Crippen molar-refractivity contribution in [2.75, 3.05) is 6.61 Å². The van der Waals surface area contributed by atoms with Crippen molar-refractivity contribution >= 4 is 0 Å². The molecule has 14 heavy (non-hydrogen) atoms. The molecule has 0 aliphatic carbocycles. The summed E-state index contributed by atoms with van der Waals surface area (Å²) in [7, 11) is 0. The number of hydrogen-bond donors (Lipinski definition) is 0. The van der Waals surface area contributed by atoms with E-state index < -0.39 is 0 Å². The SMILES string of the molecule is [2H]c1c([2H])c([2H])c(OCCCCCCC)c([2H])c1[2H].